The van der Waals surface area contributed by atoms with Crippen LogP contribution in [0.25, 0.3) is 0 Å². The minimum atomic E-state index is 0. The molecule has 2 fully saturated rings. The molecule has 1 aliphatic heterocycles. The molecule has 0 aromatic heterocycles. The number of rotatable bonds is 8. The molecule has 0 unspecified atom stereocenters. The number of hydrogen-bond donors (Lipinski definition) is 1. The quantitative estimate of drug-likeness (QED) is 0.636. The molecule has 1 N–H and O–H groups in total. The standard InChI is InChI=1S/C23H30N2O3.2ClH/c1-26-21-14-19(23(18-8-9-18)25-12-10-24-11-13-25)20(15-22(21)27-2)28-16-17-6-4-3-5-7-17;;/h3-7,14-15,18,23-24H,8-13,16H2,1-2H3;2*1H/t23-;;/m1../s1. The fourth-order valence-corrected chi connectivity index (χ4v) is 4.09. The van der Waals surface area contributed by atoms with Crippen molar-refractivity contribution >= 4 is 24.8 Å². The highest BCUT2D eigenvalue weighted by Crippen LogP contribution is 2.49. The molecule has 0 amide bonds. The molecule has 1 saturated carbocycles. The largest absolute Gasteiger partial charge is 0.493 e. The summed E-state index contributed by atoms with van der Waals surface area (Å²) in [5.74, 6) is 3.07. The summed E-state index contributed by atoms with van der Waals surface area (Å²) in [4.78, 5) is 2.60. The topological polar surface area (TPSA) is 43.0 Å². The van der Waals surface area contributed by atoms with Gasteiger partial charge in [0.15, 0.2) is 11.5 Å². The number of piperazine rings is 1. The van der Waals surface area contributed by atoms with Crippen LogP contribution in [0, 0.1) is 5.92 Å². The van der Waals surface area contributed by atoms with E-state index in [0.29, 0.717) is 24.3 Å². The molecule has 1 atom stereocenters. The lowest BCUT2D eigenvalue weighted by molar-refractivity contribution is 0.151. The molecular weight excluding hydrogens is 423 g/mol. The van der Waals surface area contributed by atoms with Crippen molar-refractivity contribution in [1.82, 2.24) is 10.2 Å². The zero-order chi connectivity index (χ0) is 19.3. The van der Waals surface area contributed by atoms with Gasteiger partial charge >= 0.3 is 0 Å². The molecule has 7 heteroatoms. The summed E-state index contributed by atoms with van der Waals surface area (Å²) in [5.41, 5.74) is 2.38. The number of halogens is 2. The van der Waals surface area contributed by atoms with Gasteiger partial charge in [-0.3, -0.25) is 4.90 Å². The van der Waals surface area contributed by atoms with Crippen LogP contribution in [-0.2, 0) is 6.61 Å². The van der Waals surface area contributed by atoms with Crippen molar-refractivity contribution in [3.05, 3.63) is 53.6 Å². The van der Waals surface area contributed by atoms with Crippen molar-refractivity contribution in [2.45, 2.75) is 25.5 Å². The second kappa shape index (κ2) is 11.7. The zero-order valence-electron chi connectivity index (χ0n) is 17.6. The van der Waals surface area contributed by atoms with Crippen LogP contribution in [0.3, 0.4) is 0 Å². The van der Waals surface area contributed by atoms with E-state index in [0.717, 1.165) is 43.2 Å². The van der Waals surface area contributed by atoms with Gasteiger partial charge < -0.3 is 19.5 Å². The van der Waals surface area contributed by atoms with E-state index in [4.69, 9.17) is 14.2 Å². The zero-order valence-corrected chi connectivity index (χ0v) is 19.3. The van der Waals surface area contributed by atoms with Crippen molar-refractivity contribution < 1.29 is 14.2 Å². The maximum Gasteiger partial charge on any atom is 0.164 e. The number of nitrogens with one attached hydrogen (secondary N) is 1. The van der Waals surface area contributed by atoms with Crippen molar-refractivity contribution in [1.29, 1.82) is 0 Å². The first-order valence-electron chi connectivity index (χ1n) is 10.2. The van der Waals surface area contributed by atoms with Crippen LogP contribution in [0.4, 0.5) is 0 Å². The van der Waals surface area contributed by atoms with Gasteiger partial charge in [0.1, 0.15) is 12.4 Å². The van der Waals surface area contributed by atoms with Crippen LogP contribution >= 0.6 is 24.8 Å². The van der Waals surface area contributed by atoms with E-state index < -0.39 is 0 Å². The van der Waals surface area contributed by atoms with Gasteiger partial charge in [-0.15, -0.1) is 24.8 Å². The molecule has 2 aliphatic rings. The minimum Gasteiger partial charge on any atom is -0.493 e. The predicted molar refractivity (Wildman–Crippen MR) is 125 cm³/mol. The molecule has 166 valence electrons. The fraction of sp³-hybridized carbons (Fsp3) is 0.478. The van der Waals surface area contributed by atoms with E-state index in [1.54, 1.807) is 14.2 Å². The summed E-state index contributed by atoms with van der Waals surface area (Å²) in [6.45, 7) is 4.75. The van der Waals surface area contributed by atoms with Gasteiger partial charge in [-0.2, -0.15) is 0 Å². The van der Waals surface area contributed by atoms with Crippen LogP contribution in [0.2, 0.25) is 0 Å². The predicted octanol–water partition coefficient (Wildman–Crippen LogP) is 4.48. The summed E-state index contributed by atoms with van der Waals surface area (Å²) in [6, 6.07) is 14.8. The second-order valence-corrected chi connectivity index (χ2v) is 7.59. The first kappa shape index (κ1) is 24.6. The van der Waals surface area contributed by atoms with Crippen molar-refractivity contribution in [3.8, 4) is 17.2 Å². The third kappa shape index (κ3) is 5.73. The Hall–Kier alpha value is -1.66. The number of ether oxygens (including phenoxy) is 3. The highest BCUT2D eigenvalue weighted by molar-refractivity contribution is 5.85. The fourth-order valence-electron chi connectivity index (χ4n) is 4.09. The lowest BCUT2D eigenvalue weighted by Gasteiger charge is -2.36. The number of nitrogens with zero attached hydrogens (tertiary/aromatic N) is 1. The third-order valence-corrected chi connectivity index (χ3v) is 5.69. The molecule has 1 heterocycles. The van der Waals surface area contributed by atoms with Crippen LogP contribution < -0.4 is 19.5 Å². The number of benzene rings is 2. The summed E-state index contributed by atoms with van der Waals surface area (Å²) >= 11 is 0. The van der Waals surface area contributed by atoms with Gasteiger partial charge in [0.25, 0.3) is 0 Å². The Morgan fingerprint density at radius 1 is 0.933 bits per heavy atom. The van der Waals surface area contributed by atoms with Gasteiger partial charge in [0.05, 0.1) is 14.2 Å². The van der Waals surface area contributed by atoms with Gasteiger partial charge in [0.2, 0.25) is 0 Å². The van der Waals surface area contributed by atoms with Crippen molar-refractivity contribution in [3.63, 3.8) is 0 Å². The third-order valence-electron chi connectivity index (χ3n) is 5.69. The lowest BCUT2D eigenvalue weighted by Crippen LogP contribution is -2.45. The maximum absolute atomic E-state index is 6.34. The Balaban J connectivity index is 0.00000160. The first-order chi connectivity index (χ1) is 13.8. The SMILES string of the molecule is COc1cc(OCc2ccccc2)c([C@@H](C2CC2)N2CCNCC2)cc1OC.Cl.Cl. The molecule has 0 radical (unpaired) electrons. The summed E-state index contributed by atoms with van der Waals surface area (Å²) in [5, 5.41) is 3.46. The van der Waals surface area contributed by atoms with Crippen LogP contribution in [0.5, 0.6) is 17.2 Å². The average molecular weight is 455 g/mol. The summed E-state index contributed by atoms with van der Waals surface area (Å²) < 4.78 is 17.5. The molecule has 0 spiro atoms. The van der Waals surface area contributed by atoms with Gasteiger partial charge in [-0.05, 0) is 30.4 Å². The molecular formula is C23H32Cl2N2O3. The number of hydrogen-bond acceptors (Lipinski definition) is 5. The number of methoxy groups -OCH3 is 2. The highest BCUT2D eigenvalue weighted by atomic mass is 35.5. The van der Waals surface area contributed by atoms with Crippen LogP contribution in [0.1, 0.15) is 30.0 Å². The lowest BCUT2D eigenvalue weighted by atomic mass is 9.98. The molecule has 2 aromatic carbocycles. The Kier molecular flexibility index (Phi) is 9.56. The summed E-state index contributed by atoms with van der Waals surface area (Å²) in [7, 11) is 3.37. The molecule has 5 nitrogen and oxygen atoms in total. The van der Waals surface area contributed by atoms with Gasteiger partial charge in [-0.25, -0.2) is 0 Å². The second-order valence-electron chi connectivity index (χ2n) is 7.59. The molecule has 30 heavy (non-hydrogen) atoms. The summed E-state index contributed by atoms with van der Waals surface area (Å²) in [6.07, 6.45) is 2.56. The monoisotopic (exact) mass is 454 g/mol. The Labute approximate surface area is 191 Å². The molecule has 1 aliphatic carbocycles. The van der Waals surface area contributed by atoms with Crippen LogP contribution in [0.15, 0.2) is 42.5 Å². The van der Waals surface area contributed by atoms with Gasteiger partial charge in [-0.1, -0.05) is 30.3 Å². The van der Waals surface area contributed by atoms with Crippen molar-refractivity contribution in [2.75, 3.05) is 40.4 Å². The van der Waals surface area contributed by atoms with E-state index in [-0.39, 0.29) is 24.8 Å². The van der Waals surface area contributed by atoms with E-state index in [1.165, 1.54) is 18.4 Å². The van der Waals surface area contributed by atoms with E-state index in [2.05, 4.69) is 28.4 Å². The smallest absolute Gasteiger partial charge is 0.164 e. The Morgan fingerprint density at radius 3 is 2.17 bits per heavy atom. The van der Waals surface area contributed by atoms with E-state index in [1.807, 2.05) is 24.3 Å². The molecule has 1 saturated heterocycles. The molecule has 4 rings (SSSR count). The minimum absolute atomic E-state index is 0. The normalized spacial score (nSPS) is 17.3. The van der Waals surface area contributed by atoms with E-state index >= 15 is 0 Å². The molecule has 0 bridgehead atoms. The first-order valence-corrected chi connectivity index (χ1v) is 10.2. The van der Waals surface area contributed by atoms with E-state index in [9.17, 15) is 0 Å². The van der Waals surface area contributed by atoms with Crippen LogP contribution in [-0.4, -0.2) is 45.3 Å². The molecule has 2 aromatic rings. The van der Waals surface area contributed by atoms with Gasteiger partial charge in [0, 0.05) is 43.9 Å². The highest BCUT2D eigenvalue weighted by Gasteiger charge is 2.39. The Bertz CT molecular complexity index is 782. The average Bonchev–Trinajstić information content (AvgIpc) is 3.59. The Morgan fingerprint density at radius 2 is 1.57 bits per heavy atom. The van der Waals surface area contributed by atoms with Crippen molar-refractivity contribution in [2.24, 2.45) is 5.92 Å². The maximum atomic E-state index is 6.34.